The van der Waals surface area contributed by atoms with Gasteiger partial charge < -0.3 is 0 Å². The van der Waals surface area contributed by atoms with E-state index in [1.807, 2.05) is 30.3 Å². The summed E-state index contributed by atoms with van der Waals surface area (Å²) >= 11 is 0. The number of benzene rings is 2. The number of hydrogen-bond acceptors (Lipinski definition) is 1. The van der Waals surface area contributed by atoms with Gasteiger partial charge >= 0.3 is 0 Å². The summed E-state index contributed by atoms with van der Waals surface area (Å²) in [5.41, 5.74) is 4.14. The maximum Gasteiger partial charge on any atom is 0.150 e. The van der Waals surface area contributed by atoms with Crippen molar-refractivity contribution in [1.82, 2.24) is 0 Å². The third-order valence-corrected chi connectivity index (χ3v) is 3.09. The minimum Gasteiger partial charge on any atom is -0.298 e. The number of hydrogen-bond donors (Lipinski definition) is 0. The second kappa shape index (κ2) is 4.77. The van der Waals surface area contributed by atoms with Crippen molar-refractivity contribution in [3.63, 3.8) is 0 Å². The van der Waals surface area contributed by atoms with Gasteiger partial charge in [-0.05, 0) is 22.1 Å². The summed E-state index contributed by atoms with van der Waals surface area (Å²) in [6, 6.07) is 16.0. The van der Waals surface area contributed by atoms with E-state index in [0.29, 0.717) is 0 Å². The molecule has 0 atom stereocenters. The highest BCUT2D eigenvalue weighted by molar-refractivity contribution is 5.89. The Hall–Kier alpha value is -1.89. The van der Waals surface area contributed by atoms with Crippen LogP contribution in [0.1, 0.15) is 36.7 Å². The third-order valence-electron chi connectivity index (χ3n) is 3.09. The van der Waals surface area contributed by atoms with Crippen LogP contribution in [0.2, 0.25) is 0 Å². The van der Waals surface area contributed by atoms with Gasteiger partial charge in [0.15, 0.2) is 6.29 Å². The van der Waals surface area contributed by atoms with Crippen LogP contribution < -0.4 is 0 Å². The minimum atomic E-state index is 0.0181. The third kappa shape index (κ3) is 2.35. The first-order valence-electron chi connectivity index (χ1n) is 6.18. The van der Waals surface area contributed by atoms with Gasteiger partial charge in [0.1, 0.15) is 0 Å². The lowest BCUT2D eigenvalue weighted by atomic mass is 9.80. The highest BCUT2D eigenvalue weighted by Gasteiger charge is 2.20. The van der Waals surface area contributed by atoms with Crippen LogP contribution in [-0.2, 0) is 5.41 Å². The normalized spacial score (nSPS) is 11.3. The van der Waals surface area contributed by atoms with Crippen LogP contribution in [0.15, 0.2) is 48.5 Å². The molecule has 0 aromatic heterocycles. The second-order valence-electron chi connectivity index (χ2n) is 5.50. The van der Waals surface area contributed by atoms with E-state index in [0.717, 1.165) is 23.0 Å². The first kappa shape index (κ1) is 12.6. The number of carbonyl (C=O) groups excluding carboxylic acids is 1. The highest BCUT2D eigenvalue weighted by atomic mass is 16.1. The Morgan fingerprint density at radius 1 is 0.889 bits per heavy atom. The van der Waals surface area contributed by atoms with E-state index in [1.165, 1.54) is 5.56 Å². The van der Waals surface area contributed by atoms with Gasteiger partial charge in [-0.1, -0.05) is 69.3 Å². The lowest BCUT2D eigenvalue weighted by Crippen LogP contribution is -2.13. The Labute approximate surface area is 108 Å². The van der Waals surface area contributed by atoms with Crippen molar-refractivity contribution in [2.75, 3.05) is 0 Å². The van der Waals surface area contributed by atoms with Crippen LogP contribution in [0, 0.1) is 0 Å². The number of rotatable bonds is 2. The van der Waals surface area contributed by atoms with Gasteiger partial charge in [0, 0.05) is 5.56 Å². The smallest absolute Gasteiger partial charge is 0.150 e. The fraction of sp³-hybridized carbons (Fsp3) is 0.235. The molecule has 2 rings (SSSR count). The van der Waals surface area contributed by atoms with Crippen LogP contribution in [-0.4, -0.2) is 6.29 Å². The Bertz CT molecular complexity index is 548. The molecule has 0 unspecified atom stereocenters. The van der Waals surface area contributed by atoms with Gasteiger partial charge in [-0.25, -0.2) is 0 Å². The summed E-state index contributed by atoms with van der Waals surface area (Å²) in [6.07, 6.45) is 0.942. The molecule has 0 radical (unpaired) electrons. The lowest BCUT2D eigenvalue weighted by molar-refractivity contribution is 0.112. The molecule has 0 saturated carbocycles. The second-order valence-corrected chi connectivity index (χ2v) is 5.50. The topological polar surface area (TPSA) is 17.1 Å². The molecule has 0 aliphatic carbocycles. The molecule has 0 aliphatic rings. The van der Waals surface area contributed by atoms with Crippen molar-refractivity contribution in [1.29, 1.82) is 0 Å². The molecule has 0 aliphatic heterocycles. The monoisotopic (exact) mass is 238 g/mol. The first-order valence-corrected chi connectivity index (χ1v) is 6.18. The molecule has 0 spiro atoms. The average Bonchev–Trinajstić information content (AvgIpc) is 2.38. The van der Waals surface area contributed by atoms with Crippen LogP contribution in [0.5, 0.6) is 0 Å². The Balaban J connectivity index is 2.74. The Kier molecular flexibility index (Phi) is 3.33. The zero-order valence-electron chi connectivity index (χ0n) is 11.1. The summed E-state index contributed by atoms with van der Waals surface area (Å²) < 4.78 is 0. The van der Waals surface area contributed by atoms with E-state index in [4.69, 9.17) is 0 Å². The van der Waals surface area contributed by atoms with Gasteiger partial charge in [0.2, 0.25) is 0 Å². The standard InChI is InChI=1S/C17H18O/c1-17(2,3)15-11-7-10-14(12-18)16(15)13-8-5-4-6-9-13/h4-12H,1-3H3. The molecule has 0 heterocycles. The predicted octanol–water partition coefficient (Wildman–Crippen LogP) is 4.46. The van der Waals surface area contributed by atoms with Gasteiger partial charge in [-0.2, -0.15) is 0 Å². The fourth-order valence-corrected chi connectivity index (χ4v) is 2.22. The van der Waals surface area contributed by atoms with Crippen LogP contribution in [0.25, 0.3) is 11.1 Å². The van der Waals surface area contributed by atoms with Gasteiger partial charge in [-0.3, -0.25) is 4.79 Å². The van der Waals surface area contributed by atoms with E-state index in [-0.39, 0.29) is 5.41 Å². The van der Waals surface area contributed by atoms with Crippen LogP contribution in [0.3, 0.4) is 0 Å². The summed E-state index contributed by atoms with van der Waals surface area (Å²) in [5.74, 6) is 0. The van der Waals surface area contributed by atoms with Crippen molar-refractivity contribution in [3.8, 4) is 11.1 Å². The SMILES string of the molecule is CC(C)(C)c1cccc(C=O)c1-c1ccccc1. The van der Waals surface area contributed by atoms with E-state index >= 15 is 0 Å². The van der Waals surface area contributed by atoms with E-state index < -0.39 is 0 Å². The largest absolute Gasteiger partial charge is 0.298 e. The summed E-state index contributed by atoms with van der Waals surface area (Å²) in [6.45, 7) is 6.51. The van der Waals surface area contributed by atoms with Crippen LogP contribution in [0.4, 0.5) is 0 Å². The van der Waals surface area contributed by atoms with E-state index in [1.54, 1.807) is 0 Å². The molecule has 0 bridgehead atoms. The lowest BCUT2D eigenvalue weighted by Gasteiger charge is -2.24. The molecule has 0 amide bonds. The van der Waals surface area contributed by atoms with E-state index in [2.05, 4.69) is 39.0 Å². The number of carbonyl (C=O) groups is 1. The molecule has 0 fully saturated rings. The minimum absolute atomic E-state index is 0.0181. The zero-order valence-corrected chi connectivity index (χ0v) is 11.1. The zero-order chi connectivity index (χ0) is 13.2. The van der Waals surface area contributed by atoms with Crippen molar-refractivity contribution in [2.24, 2.45) is 0 Å². The van der Waals surface area contributed by atoms with Gasteiger partial charge in [-0.15, -0.1) is 0 Å². The van der Waals surface area contributed by atoms with Crippen molar-refractivity contribution < 1.29 is 4.79 Å². The highest BCUT2D eigenvalue weighted by Crippen LogP contribution is 2.34. The van der Waals surface area contributed by atoms with Gasteiger partial charge in [0.25, 0.3) is 0 Å². The van der Waals surface area contributed by atoms with Crippen molar-refractivity contribution >= 4 is 6.29 Å². The van der Waals surface area contributed by atoms with Crippen LogP contribution >= 0.6 is 0 Å². The molecular formula is C17H18O. The fourth-order valence-electron chi connectivity index (χ4n) is 2.22. The molecule has 1 heteroatoms. The predicted molar refractivity (Wildman–Crippen MR) is 76.0 cm³/mol. The molecule has 1 nitrogen and oxygen atoms in total. The maximum absolute atomic E-state index is 11.3. The molecule has 92 valence electrons. The summed E-state index contributed by atoms with van der Waals surface area (Å²) in [4.78, 5) is 11.3. The summed E-state index contributed by atoms with van der Waals surface area (Å²) in [5, 5.41) is 0. The maximum atomic E-state index is 11.3. The molecule has 2 aromatic rings. The quantitative estimate of drug-likeness (QED) is 0.706. The van der Waals surface area contributed by atoms with Crippen molar-refractivity contribution in [2.45, 2.75) is 26.2 Å². The summed E-state index contributed by atoms with van der Waals surface area (Å²) in [7, 11) is 0. The Morgan fingerprint density at radius 2 is 1.56 bits per heavy atom. The molecule has 18 heavy (non-hydrogen) atoms. The number of aldehydes is 1. The molecule has 2 aromatic carbocycles. The van der Waals surface area contributed by atoms with Crippen molar-refractivity contribution in [3.05, 3.63) is 59.7 Å². The Morgan fingerprint density at radius 3 is 2.11 bits per heavy atom. The first-order chi connectivity index (χ1) is 8.54. The van der Waals surface area contributed by atoms with Gasteiger partial charge in [0.05, 0.1) is 0 Å². The molecule has 0 saturated heterocycles. The van der Waals surface area contributed by atoms with E-state index in [9.17, 15) is 4.79 Å². The molecule has 0 N–H and O–H groups in total. The molecular weight excluding hydrogens is 220 g/mol. The average molecular weight is 238 g/mol.